The van der Waals surface area contributed by atoms with Crippen molar-refractivity contribution < 1.29 is 19.1 Å². The Morgan fingerprint density at radius 1 is 1.04 bits per heavy atom. The third kappa shape index (κ3) is 4.66. The number of anilines is 1. The maximum Gasteiger partial charge on any atom is 0.358 e. The molecule has 0 saturated heterocycles. The van der Waals surface area contributed by atoms with Crippen molar-refractivity contribution in [3.63, 3.8) is 0 Å². The summed E-state index contributed by atoms with van der Waals surface area (Å²) in [6.07, 6.45) is 0.324. The smallest absolute Gasteiger partial charge is 0.358 e. The normalized spacial score (nSPS) is 11.4. The predicted octanol–water partition coefficient (Wildman–Crippen LogP) is 4.28. The van der Waals surface area contributed by atoms with E-state index in [1.807, 2.05) is 6.07 Å². The van der Waals surface area contributed by atoms with Gasteiger partial charge >= 0.3 is 5.97 Å². The quantitative estimate of drug-likeness (QED) is 0.629. The highest BCUT2D eigenvalue weighted by Gasteiger charge is 2.26. The Labute approximate surface area is 167 Å². The van der Waals surface area contributed by atoms with Crippen LogP contribution in [0.3, 0.4) is 0 Å². The molecule has 3 rings (SSSR count). The molecule has 3 aromatic rings. The fourth-order valence-electron chi connectivity index (χ4n) is 2.50. The number of pyridine rings is 1. The van der Waals surface area contributed by atoms with Crippen molar-refractivity contribution in [1.29, 1.82) is 0 Å². The average molecular weight is 397 g/mol. The first kappa shape index (κ1) is 19.4. The van der Waals surface area contributed by atoms with Crippen LogP contribution in [0, 0.1) is 0 Å². The van der Waals surface area contributed by atoms with Gasteiger partial charge in [-0.25, -0.2) is 9.78 Å². The number of hydrogen-bond donors (Lipinski definition) is 1. The van der Waals surface area contributed by atoms with Gasteiger partial charge in [0.1, 0.15) is 11.4 Å². The number of aromatic nitrogens is 1. The highest BCUT2D eigenvalue weighted by Crippen LogP contribution is 2.28. The van der Waals surface area contributed by atoms with Crippen LogP contribution in [0.5, 0.6) is 5.75 Å². The molecular weight excluding hydrogens is 380 g/mol. The van der Waals surface area contributed by atoms with Gasteiger partial charge < -0.3 is 14.8 Å². The van der Waals surface area contributed by atoms with E-state index in [1.54, 1.807) is 54.6 Å². The Bertz CT molecular complexity index is 965. The summed E-state index contributed by atoms with van der Waals surface area (Å²) in [4.78, 5) is 29.2. The molecule has 2 aromatic carbocycles. The number of halogens is 1. The maximum absolute atomic E-state index is 12.9. The molecule has 0 radical (unpaired) electrons. The van der Waals surface area contributed by atoms with Gasteiger partial charge in [-0.3, -0.25) is 4.79 Å². The Kier molecular flexibility index (Phi) is 6.24. The van der Waals surface area contributed by atoms with Crippen LogP contribution < -0.4 is 10.1 Å². The molecule has 0 bridgehead atoms. The Hall–Kier alpha value is -3.38. The minimum atomic E-state index is -1.16. The van der Waals surface area contributed by atoms with Gasteiger partial charge in [-0.05, 0) is 30.3 Å². The van der Waals surface area contributed by atoms with Gasteiger partial charge in [-0.2, -0.15) is 0 Å². The predicted molar refractivity (Wildman–Crippen MR) is 105 cm³/mol. The lowest BCUT2D eigenvalue weighted by Crippen LogP contribution is -2.26. The number of rotatable bonds is 6. The largest absolute Gasteiger partial charge is 0.495 e. The first-order valence-electron chi connectivity index (χ1n) is 8.40. The topological polar surface area (TPSA) is 77.5 Å². The van der Waals surface area contributed by atoms with Gasteiger partial charge in [0.2, 0.25) is 6.10 Å². The van der Waals surface area contributed by atoms with E-state index in [4.69, 9.17) is 21.1 Å². The number of carbonyl (C=O) groups is 2. The van der Waals surface area contributed by atoms with Crippen LogP contribution in [0.4, 0.5) is 5.69 Å². The number of carbonyl (C=O) groups excluding carboxylic acids is 2. The summed E-state index contributed by atoms with van der Waals surface area (Å²) in [6.45, 7) is 0. The molecule has 1 N–H and O–H groups in total. The number of benzene rings is 2. The lowest BCUT2D eigenvalue weighted by molar-refractivity contribution is -0.125. The molecular formula is C21H17ClN2O4. The SMILES string of the molecule is COc1ccc(NC(=O)C(OC(=O)c2ccccn2)c2ccccc2)cc1Cl. The van der Waals surface area contributed by atoms with E-state index in [1.165, 1.54) is 19.4 Å². The molecule has 0 aliphatic carbocycles. The average Bonchev–Trinajstić information content (AvgIpc) is 2.73. The second-order valence-electron chi connectivity index (χ2n) is 5.75. The third-order valence-electron chi connectivity index (χ3n) is 3.86. The van der Waals surface area contributed by atoms with Gasteiger partial charge in [0, 0.05) is 17.4 Å². The second-order valence-corrected chi connectivity index (χ2v) is 6.16. The van der Waals surface area contributed by atoms with Crippen LogP contribution in [0.15, 0.2) is 72.9 Å². The summed E-state index contributed by atoms with van der Waals surface area (Å²) in [5, 5.41) is 3.06. The number of nitrogens with zero attached hydrogens (tertiary/aromatic N) is 1. The lowest BCUT2D eigenvalue weighted by Gasteiger charge is -2.18. The molecule has 1 amide bonds. The van der Waals surface area contributed by atoms with Crippen LogP contribution in [0.25, 0.3) is 0 Å². The second kappa shape index (κ2) is 9.01. The summed E-state index contributed by atoms with van der Waals surface area (Å²) < 4.78 is 10.6. The van der Waals surface area contributed by atoms with Crippen molar-refractivity contribution in [2.75, 3.05) is 12.4 Å². The number of ether oxygens (including phenoxy) is 2. The van der Waals surface area contributed by atoms with Gasteiger partial charge in [0.15, 0.2) is 0 Å². The summed E-state index contributed by atoms with van der Waals surface area (Å²) in [5.74, 6) is -0.727. The Morgan fingerprint density at radius 3 is 2.43 bits per heavy atom. The van der Waals surface area contributed by atoms with Crippen LogP contribution in [-0.4, -0.2) is 24.0 Å². The molecule has 28 heavy (non-hydrogen) atoms. The van der Waals surface area contributed by atoms with Crippen molar-refractivity contribution in [2.24, 2.45) is 0 Å². The highest BCUT2D eigenvalue weighted by molar-refractivity contribution is 6.32. The van der Waals surface area contributed by atoms with E-state index in [9.17, 15) is 9.59 Å². The molecule has 142 valence electrons. The van der Waals surface area contributed by atoms with Crippen molar-refractivity contribution in [2.45, 2.75) is 6.10 Å². The zero-order valence-corrected chi connectivity index (χ0v) is 15.7. The lowest BCUT2D eigenvalue weighted by atomic mass is 10.1. The van der Waals surface area contributed by atoms with E-state index >= 15 is 0 Å². The Morgan fingerprint density at radius 2 is 1.79 bits per heavy atom. The van der Waals surface area contributed by atoms with Crippen molar-refractivity contribution in [3.8, 4) is 5.75 Å². The van der Waals surface area contributed by atoms with Crippen molar-refractivity contribution in [1.82, 2.24) is 4.98 Å². The van der Waals surface area contributed by atoms with E-state index in [0.29, 0.717) is 22.0 Å². The molecule has 0 aliphatic heterocycles. The van der Waals surface area contributed by atoms with Crippen LogP contribution in [0.2, 0.25) is 5.02 Å². The van der Waals surface area contributed by atoms with Gasteiger partial charge in [-0.1, -0.05) is 48.0 Å². The zero-order valence-electron chi connectivity index (χ0n) is 15.0. The number of nitrogens with one attached hydrogen (secondary N) is 1. The van der Waals surface area contributed by atoms with E-state index < -0.39 is 18.0 Å². The van der Waals surface area contributed by atoms with Gasteiger partial charge in [0.05, 0.1) is 12.1 Å². The molecule has 0 saturated carbocycles. The van der Waals surface area contributed by atoms with Crippen LogP contribution in [-0.2, 0) is 9.53 Å². The minimum Gasteiger partial charge on any atom is -0.495 e. The number of esters is 1. The molecule has 1 aromatic heterocycles. The molecule has 0 fully saturated rings. The number of methoxy groups -OCH3 is 1. The zero-order chi connectivity index (χ0) is 19.9. The van der Waals surface area contributed by atoms with E-state index in [2.05, 4.69) is 10.3 Å². The van der Waals surface area contributed by atoms with Crippen LogP contribution in [0.1, 0.15) is 22.2 Å². The summed E-state index contributed by atoms with van der Waals surface area (Å²) in [6, 6.07) is 18.4. The molecule has 7 heteroatoms. The van der Waals surface area contributed by atoms with Gasteiger partial charge in [-0.15, -0.1) is 0 Å². The number of hydrogen-bond acceptors (Lipinski definition) is 5. The van der Waals surface area contributed by atoms with E-state index in [-0.39, 0.29) is 5.69 Å². The van der Waals surface area contributed by atoms with Crippen molar-refractivity contribution >= 4 is 29.2 Å². The summed E-state index contributed by atoms with van der Waals surface area (Å²) in [5.41, 5.74) is 1.10. The first-order valence-corrected chi connectivity index (χ1v) is 8.77. The highest BCUT2D eigenvalue weighted by atomic mass is 35.5. The molecule has 1 atom stereocenters. The fourth-order valence-corrected chi connectivity index (χ4v) is 2.76. The van der Waals surface area contributed by atoms with Crippen LogP contribution >= 0.6 is 11.6 Å². The van der Waals surface area contributed by atoms with Gasteiger partial charge in [0.25, 0.3) is 5.91 Å². The standard InChI is InChI=1S/C21H17ClN2O4/c1-27-18-11-10-15(13-16(18)22)24-20(25)19(14-7-3-2-4-8-14)28-21(26)17-9-5-6-12-23-17/h2-13,19H,1H3,(H,24,25). The summed E-state index contributed by atoms with van der Waals surface area (Å²) in [7, 11) is 1.50. The number of amides is 1. The fraction of sp³-hybridized carbons (Fsp3) is 0.0952. The summed E-state index contributed by atoms with van der Waals surface area (Å²) >= 11 is 6.10. The monoisotopic (exact) mass is 396 g/mol. The molecule has 1 heterocycles. The molecule has 1 unspecified atom stereocenters. The molecule has 6 nitrogen and oxygen atoms in total. The third-order valence-corrected chi connectivity index (χ3v) is 4.15. The molecule has 0 aliphatic rings. The molecule has 0 spiro atoms. The van der Waals surface area contributed by atoms with E-state index in [0.717, 1.165) is 0 Å². The minimum absolute atomic E-state index is 0.115. The Balaban J connectivity index is 1.83. The first-order chi connectivity index (χ1) is 13.6. The van der Waals surface area contributed by atoms with Crippen molar-refractivity contribution in [3.05, 3.63) is 89.2 Å². The maximum atomic E-state index is 12.9.